The summed E-state index contributed by atoms with van der Waals surface area (Å²) in [5.74, 6) is 0.604. The van der Waals surface area contributed by atoms with Crippen LogP contribution in [0.15, 0.2) is 54.7 Å². The van der Waals surface area contributed by atoms with Gasteiger partial charge in [0.15, 0.2) is 0 Å². The summed E-state index contributed by atoms with van der Waals surface area (Å²) in [4.78, 5) is 8.52. The quantitative estimate of drug-likeness (QED) is 0.349. The molecule has 0 bridgehead atoms. The molecule has 2 aromatic heterocycles. The smallest absolute Gasteiger partial charge is 0.322 e. The molecule has 8 nitrogen and oxygen atoms in total. The second-order valence-corrected chi connectivity index (χ2v) is 11.4. The molecule has 2 aliphatic rings. The molecule has 0 unspecified atom stereocenters. The number of ether oxygens (including phenoxy) is 1. The van der Waals surface area contributed by atoms with E-state index in [1.54, 1.807) is 18.3 Å². The van der Waals surface area contributed by atoms with E-state index in [4.69, 9.17) is 4.74 Å². The second kappa shape index (κ2) is 8.64. The molecular weight excluding hydrogens is 474 g/mol. The molecule has 2 saturated carbocycles. The number of nitrogens with zero attached hydrogens (tertiary/aromatic N) is 4. The maximum absolute atomic E-state index is 12.3. The predicted octanol–water partition coefficient (Wildman–Crippen LogP) is 5.70. The maximum Gasteiger partial charge on any atom is 0.322 e. The van der Waals surface area contributed by atoms with Crippen molar-refractivity contribution in [2.24, 2.45) is 0 Å². The van der Waals surface area contributed by atoms with Crippen molar-refractivity contribution in [2.45, 2.75) is 50.3 Å². The lowest BCUT2D eigenvalue weighted by molar-refractivity contribution is 0.324. The fourth-order valence-electron chi connectivity index (χ4n) is 4.68. The van der Waals surface area contributed by atoms with Gasteiger partial charge in [0.25, 0.3) is 0 Å². The summed E-state index contributed by atoms with van der Waals surface area (Å²) < 4.78 is 35.5. The van der Waals surface area contributed by atoms with Crippen LogP contribution in [0, 0.1) is 18.3 Å². The Kier molecular flexibility index (Phi) is 5.41. The average molecular weight is 500 g/mol. The van der Waals surface area contributed by atoms with Crippen LogP contribution in [0.2, 0.25) is 0 Å². The summed E-state index contributed by atoms with van der Waals surface area (Å²) in [6, 6.07) is 17.8. The van der Waals surface area contributed by atoms with Crippen molar-refractivity contribution in [3.05, 3.63) is 66.0 Å². The molecule has 2 fully saturated rings. The number of hydrogen-bond acceptors (Lipinski definition) is 6. The highest BCUT2D eigenvalue weighted by Gasteiger charge is 2.35. The molecule has 6 rings (SSSR count). The van der Waals surface area contributed by atoms with Crippen LogP contribution in [0.4, 0.5) is 5.69 Å². The first-order chi connectivity index (χ1) is 17.4. The Morgan fingerprint density at radius 2 is 1.86 bits per heavy atom. The minimum absolute atomic E-state index is 0.279. The Bertz CT molecular complexity index is 1610. The van der Waals surface area contributed by atoms with Gasteiger partial charge in [0.05, 0.1) is 22.0 Å². The van der Waals surface area contributed by atoms with Crippen LogP contribution in [-0.2, 0) is 10.0 Å². The van der Waals surface area contributed by atoms with Crippen LogP contribution in [0.5, 0.6) is 11.8 Å². The van der Waals surface area contributed by atoms with Gasteiger partial charge in [-0.05, 0) is 74.9 Å². The summed E-state index contributed by atoms with van der Waals surface area (Å²) in [5, 5.41) is 10.7. The Balaban J connectivity index is 1.42. The van der Waals surface area contributed by atoms with Crippen molar-refractivity contribution in [3.63, 3.8) is 0 Å². The molecule has 0 aliphatic heterocycles. The van der Waals surface area contributed by atoms with Crippen LogP contribution < -0.4 is 9.46 Å². The lowest BCUT2D eigenvalue weighted by Gasteiger charge is -2.30. The first kappa shape index (κ1) is 22.6. The normalized spacial score (nSPS) is 15.9. The molecule has 2 aliphatic carbocycles. The van der Waals surface area contributed by atoms with Gasteiger partial charge in [-0.1, -0.05) is 12.1 Å². The van der Waals surface area contributed by atoms with E-state index in [2.05, 4.69) is 25.3 Å². The Morgan fingerprint density at radius 3 is 2.50 bits per heavy atom. The Labute approximate surface area is 209 Å². The van der Waals surface area contributed by atoms with E-state index in [9.17, 15) is 13.7 Å². The van der Waals surface area contributed by atoms with Crippen molar-refractivity contribution in [1.29, 1.82) is 5.26 Å². The highest BCUT2D eigenvalue weighted by Crippen LogP contribution is 2.43. The first-order valence-corrected chi connectivity index (χ1v) is 13.7. The van der Waals surface area contributed by atoms with Gasteiger partial charge >= 0.3 is 6.01 Å². The van der Waals surface area contributed by atoms with Gasteiger partial charge in [0, 0.05) is 35.1 Å². The molecular formula is C27H25N5O3S. The molecule has 0 amide bonds. The number of sulfonamides is 1. The third-order valence-electron chi connectivity index (χ3n) is 6.89. The van der Waals surface area contributed by atoms with Gasteiger partial charge in [-0.2, -0.15) is 5.26 Å². The third-order valence-corrected chi connectivity index (χ3v) is 8.76. The van der Waals surface area contributed by atoms with Gasteiger partial charge in [0.2, 0.25) is 10.0 Å². The van der Waals surface area contributed by atoms with E-state index < -0.39 is 10.0 Å². The molecule has 1 N–H and O–H groups in total. The fourth-order valence-corrected chi connectivity index (χ4v) is 6.07. The zero-order chi connectivity index (χ0) is 24.9. The Hall–Kier alpha value is -3.90. The van der Waals surface area contributed by atoms with E-state index in [1.165, 1.54) is 0 Å². The minimum atomic E-state index is -3.33. The van der Waals surface area contributed by atoms with Crippen molar-refractivity contribution >= 4 is 26.6 Å². The number of benzene rings is 2. The van der Waals surface area contributed by atoms with Crippen molar-refractivity contribution in [3.8, 4) is 29.1 Å². The maximum atomic E-state index is 12.3. The zero-order valence-corrected chi connectivity index (χ0v) is 20.6. The van der Waals surface area contributed by atoms with Gasteiger partial charge in [-0.25, -0.2) is 18.4 Å². The van der Waals surface area contributed by atoms with Gasteiger partial charge in [0.1, 0.15) is 11.8 Å². The molecule has 4 aromatic rings. The topological polar surface area (TPSA) is 110 Å². The van der Waals surface area contributed by atoms with Crippen LogP contribution in [-0.4, -0.2) is 28.2 Å². The molecule has 0 saturated heterocycles. The van der Waals surface area contributed by atoms with Crippen molar-refractivity contribution < 1.29 is 13.2 Å². The summed E-state index contributed by atoms with van der Waals surface area (Å²) in [6.45, 7) is 1.88. The lowest BCUT2D eigenvalue weighted by atomic mass is 9.92. The van der Waals surface area contributed by atoms with E-state index in [0.717, 1.165) is 47.1 Å². The summed E-state index contributed by atoms with van der Waals surface area (Å²) in [7, 11) is -3.33. The van der Waals surface area contributed by atoms with Crippen LogP contribution >= 0.6 is 0 Å². The largest absolute Gasteiger partial charge is 0.424 e. The number of rotatable bonds is 7. The molecule has 2 aromatic carbocycles. The molecule has 182 valence electrons. The van der Waals surface area contributed by atoms with Crippen LogP contribution in [0.3, 0.4) is 0 Å². The van der Waals surface area contributed by atoms with E-state index in [0.29, 0.717) is 29.8 Å². The van der Waals surface area contributed by atoms with E-state index >= 15 is 0 Å². The number of hydrogen-bond donors (Lipinski definition) is 1. The second-order valence-electron chi connectivity index (χ2n) is 9.48. The molecule has 0 spiro atoms. The number of aryl methyl sites for hydroxylation is 1. The predicted molar refractivity (Wildman–Crippen MR) is 137 cm³/mol. The molecule has 0 atom stereocenters. The molecule has 9 heteroatoms. The number of anilines is 1. The van der Waals surface area contributed by atoms with Gasteiger partial charge in [-0.3, -0.25) is 4.72 Å². The lowest BCUT2D eigenvalue weighted by Crippen LogP contribution is -2.18. The summed E-state index contributed by atoms with van der Waals surface area (Å²) in [5.41, 5.74) is 4.59. The Morgan fingerprint density at radius 1 is 1.08 bits per heavy atom. The molecule has 2 heterocycles. The van der Waals surface area contributed by atoms with Crippen molar-refractivity contribution in [1.82, 2.24) is 14.5 Å². The number of aromatic nitrogens is 3. The van der Waals surface area contributed by atoms with Gasteiger partial charge in [-0.15, -0.1) is 0 Å². The van der Waals surface area contributed by atoms with Crippen LogP contribution in [0.1, 0.15) is 49.4 Å². The summed E-state index contributed by atoms with van der Waals surface area (Å²) in [6.07, 6.45) is 6.29. The van der Waals surface area contributed by atoms with Crippen molar-refractivity contribution in [2.75, 3.05) is 4.72 Å². The van der Waals surface area contributed by atoms with Crippen LogP contribution in [0.25, 0.3) is 22.2 Å². The number of nitrogens with one attached hydrogen (secondary N) is 1. The summed E-state index contributed by atoms with van der Waals surface area (Å²) >= 11 is 0. The highest BCUT2D eigenvalue weighted by molar-refractivity contribution is 7.93. The monoisotopic (exact) mass is 499 g/mol. The number of nitriles is 1. The highest BCUT2D eigenvalue weighted by atomic mass is 32.2. The fraction of sp³-hybridized carbons (Fsp3) is 0.296. The van der Waals surface area contributed by atoms with Gasteiger partial charge < -0.3 is 9.30 Å². The first-order valence-electron chi connectivity index (χ1n) is 12.1. The standard InChI is InChI=1S/C27H25N5O3S/c1-17-13-14-29-27(30-17)35-21-9-12-23-24(16-28)26(32(25(23)15-21)20-3-2-4-20)18-5-7-19(8-6-18)31-36(33,34)22-10-11-22/h5-9,12-15,20,22,31H,2-4,10-11H2,1H3. The number of fused-ring (bicyclic) bond motifs is 1. The zero-order valence-electron chi connectivity index (χ0n) is 19.8. The molecule has 0 radical (unpaired) electrons. The average Bonchev–Trinajstić information content (AvgIpc) is 3.64. The van der Waals surface area contributed by atoms with E-state index in [1.807, 2.05) is 43.3 Å². The minimum Gasteiger partial charge on any atom is -0.424 e. The molecule has 36 heavy (non-hydrogen) atoms. The third kappa shape index (κ3) is 4.07. The SMILES string of the molecule is Cc1ccnc(Oc2ccc3c(C#N)c(-c4ccc(NS(=O)(=O)C5CC5)cc4)n(C4CCC4)c3c2)n1. The van der Waals surface area contributed by atoms with E-state index in [-0.39, 0.29) is 17.3 Å².